The number of likely N-dealkylation sites (tertiary alicyclic amines) is 1. The molecule has 0 saturated carbocycles. The van der Waals surface area contributed by atoms with E-state index in [2.05, 4.69) is 35.5 Å². The average Bonchev–Trinajstić information content (AvgIpc) is 2.89. The fourth-order valence-corrected chi connectivity index (χ4v) is 3.98. The predicted molar refractivity (Wildman–Crippen MR) is 101 cm³/mol. The number of rotatable bonds is 5. The number of ketones is 1. The Morgan fingerprint density at radius 2 is 2.16 bits per heavy atom. The van der Waals surface area contributed by atoms with Crippen LogP contribution in [0.4, 0.5) is 0 Å². The number of piperidine rings is 1. The average molecular weight is 360 g/mol. The Hall–Kier alpha value is -1.65. The maximum atomic E-state index is 12.8. The highest BCUT2D eigenvalue weighted by Gasteiger charge is 2.27. The third-order valence-corrected chi connectivity index (χ3v) is 5.43. The number of hydrogen-bond donors (Lipinski definition) is 0. The lowest BCUT2D eigenvalue weighted by Gasteiger charge is -2.32. The van der Waals surface area contributed by atoms with Crippen molar-refractivity contribution >= 4 is 17.4 Å². The molecule has 134 valence electrons. The second kappa shape index (κ2) is 7.71. The number of Topliss-reactive ketones (excluding diaryl/α,β-unsaturated/α-hetero) is 1. The second-order valence-corrected chi connectivity index (χ2v) is 7.35. The van der Waals surface area contributed by atoms with Gasteiger partial charge in [0, 0.05) is 47.4 Å². The van der Waals surface area contributed by atoms with Crippen LogP contribution in [0.1, 0.15) is 47.1 Å². The highest BCUT2D eigenvalue weighted by Crippen LogP contribution is 2.25. The van der Waals surface area contributed by atoms with Gasteiger partial charge in [0.1, 0.15) is 0 Å². The summed E-state index contributed by atoms with van der Waals surface area (Å²) in [6.07, 6.45) is 2.00. The molecule has 2 aromatic rings. The number of nitrogens with zero attached hydrogens (tertiary/aromatic N) is 3. The third-order valence-electron chi connectivity index (χ3n) is 5.20. The van der Waals surface area contributed by atoms with E-state index in [1.807, 2.05) is 18.2 Å². The van der Waals surface area contributed by atoms with Gasteiger partial charge in [0.05, 0.1) is 5.69 Å². The first-order valence-electron chi connectivity index (χ1n) is 9.04. The number of carbonyl (C=O) groups excluding carboxylic acids is 1. The van der Waals surface area contributed by atoms with E-state index in [4.69, 9.17) is 11.6 Å². The van der Waals surface area contributed by atoms with Gasteiger partial charge in [0.25, 0.3) is 0 Å². The Bertz CT molecular complexity index is 768. The number of aryl methyl sites for hydroxylation is 2. The monoisotopic (exact) mass is 359 g/mol. The first-order chi connectivity index (χ1) is 12.0. The summed E-state index contributed by atoms with van der Waals surface area (Å²) < 4.78 is 2.06. The van der Waals surface area contributed by atoms with Crippen molar-refractivity contribution in [3.63, 3.8) is 0 Å². The molecule has 1 saturated heterocycles. The Morgan fingerprint density at radius 1 is 1.36 bits per heavy atom. The van der Waals surface area contributed by atoms with Gasteiger partial charge in [-0.05, 0) is 52.3 Å². The molecule has 0 spiro atoms. The fourth-order valence-electron chi connectivity index (χ4n) is 3.78. The summed E-state index contributed by atoms with van der Waals surface area (Å²) in [5, 5.41) is 5.24. The van der Waals surface area contributed by atoms with Crippen LogP contribution in [0, 0.1) is 19.8 Å². The molecule has 1 aromatic carbocycles. The lowest BCUT2D eigenvalue weighted by molar-refractivity contribution is 0.0811. The number of halogens is 1. The van der Waals surface area contributed by atoms with Gasteiger partial charge in [0.2, 0.25) is 0 Å². The van der Waals surface area contributed by atoms with E-state index >= 15 is 0 Å². The van der Waals surface area contributed by atoms with E-state index in [0.717, 1.165) is 50.3 Å². The van der Waals surface area contributed by atoms with E-state index in [1.165, 1.54) is 11.3 Å². The van der Waals surface area contributed by atoms with Gasteiger partial charge in [-0.2, -0.15) is 5.10 Å². The van der Waals surface area contributed by atoms with Crippen LogP contribution in [0.15, 0.2) is 24.3 Å². The Balaban J connectivity index is 1.71. The number of aromatic nitrogens is 2. The SMILES string of the molecule is CCn1nc(C)c(CN2CCCC(C(=O)c3cccc(Cl)c3)C2)c1C. The molecule has 1 fully saturated rings. The number of hydrogen-bond acceptors (Lipinski definition) is 3. The quantitative estimate of drug-likeness (QED) is 0.748. The molecule has 1 aliphatic heterocycles. The summed E-state index contributed by atoms with van der Waals surface area (Å²) in [6.45, 7) is 9.94. The maximum absolute atomic E-state index is 12.8. The normalized spacial score (nSPS) is 18.5. The standard InChI is InChI=1S/C20H26ClN3O/c1-4-24-15(3)19(14(2)22-24)13-23-10-6-8-17(12-23)20(25)16-7-5-9-18(21)11-16/h5,7,9,11,17H,4,6,8,10,12-13H2,1-3H3. The van der Waals surface area contributed by atoms with Crippen molar-refractivity contribution in [3.8, 4) is 0 Å². The summed E-state index contributed by atoms with van der Waals surface area (Å²) >= 11 is 6.04. The summed E-state index contributed by atoms with van der Waals surface area (Å²) in [4.78, 5) is 15.2. The third kappa shape index (κ3) is 3.96. The van der Waals surface area contributed by atoms with Gasteiger partial charge in [-0.1, -0.05) is 23.7 Å². The molecule has 0 amide bonds. The van der Waals surface area contributed by atoms with Gasteiger partial charge in [0.15, 0.2) is 5.78 Å². The first-order valence-corrected chi connectivity index (χ1v) is 9.42. The molecule has 1 aromatic heterocycles. The summed E-state index contributed by atoms with van der Waals surface area (Å²) in [5.74, 6) is 0.263. The Kier molecular flexibility index (Phi) is 5.60. The Morgan fingerprint density at radius 3 is 2.84 bits per heavy atom. The molecule has 0 radical (unpaired) electrons. The van der Waals surface area contributed by atoms with Crippen molar-refractivity contribution in [2.24, 2.45) is 5.92 Å². The van der Waals surface area contributed by atoms with Gasteiger partial charge in [-0.15, -0.1) is 0 Å². The van der Waals surface area contributed by atoms with Crippen LogP contribution in [0.5, 0.6) is 0 Å². The van der Waals surface area contributed by atoms with Gasteiger partial charge in [-0.3, -0.25) is 14.4 Å². The number of benzene rings is 1. The van der Waals surface area contributed by atoms with Crippen LogP contribution in [0.25, 0.3) is 0 Å². The zero-order valence-corrected chi connectivity index (χ0v) is 16.0. The molecule has 1 atom stereocenters. The minimum Gasteiger partial charge on any atom is -0.298 e. The summed E-state index contributed by atoms with van der Waals surface area (Å²) in [6, 6.07) is 7.31. The van der Waals surface area contributed by atoms with Crippen molar-refractivity contribution in [3.05, 3.63) is 51.8 Å². The van der Waals surface area contributed by atoms with E-state index in [0.29, 0.717) is 5.02 Å². The molecule has 4 nitrogen and oxygen atoms in total. The van der Waals surface area contributed by atoms with Gasteiger partial charge >= 0.3 is 0 Å². The van der Waals surface area contributed by atoms with E-state index in [-0.39, 0.29) is 11.7 Å². The van der Waals surface area contributed by atoms with Crippen LogP contribution in [-0.2, 0) is 13.1 Å². The summed E-state index contributed by atoms with van der Waals surface area (Å²) in [5.41, 5.74) is 4.37. The summed E-state index contributed by atoms with van der Waals surface area (Å²) in [7, 11) is 0. The maximum Gasteiger partial charge on any atom is 0.167 e. The zero-order valence-electron chi connectivity index (χ0n) is 15.3. The molecule has 3 rings (SSSR count). The van der Waals surface area contributed by atoms with Gasteiger partial charge < -0.3 is 0 Å². The van der Waals surface area contributed by atoms with Crippen LogP contribution < -0.4 is 0 Å². The minimum absolute atomic E-state index is 0.0500. The molecule has 1 unspecified atom stereocenters. The Labute approximate surface area is 154 Å². The number of carbonyl (C=O) groups is 1. The van der Waals surface area contributed by atoms with Crippen LogP contribution in [0.3, 0.4) is 0 Å². The largest absolute Gasteiger partial charge is 0.298 e. The molecule has 0 aliphatic carbocycles. The van der Waals surface area contributed by atoms with E-state index in [1.54, 1.807) is 6.07 Å². The van der Waals surface area contributed by atoms with Crippen LogP contribution >= 0.6 is 11.6 Å². The van der Waals surface area contributed by atoms with Gasteiger partial charge in [-0.25, -0.2) is 0 Å². The molecule has 0 bridgehead atoms. The van der Waals surface area contributed by atoms with Crippen LogP contribution in [0.2, 0.25) is 5.02 Å². The zero-order chi connectivity index (χ0) is 18.0. The lowest BCUT2D eigenvalue weighted by atomic mass is 9.89. The lowest BCUT2D eigenvalue weighted by Crippen LogP contribution is -2.38. The van der Waals surface area contributed by atoms with Crippen molar-refractivity contribution in [2.45, 2.75) is 46.7 Å². The molecule has 1 aliphatic rings. The molecular weight excluding hydrogens is 334 g/mol. The molecule has 5 heteroatoms. The molecule has 25 heavy (non-hydrogen) atoms. The topological polar surface area (TPSA) is 38.1 Å². The van der Waals surface area contributed by atoms with Crippen molar-refractivity contribution < 1.29 is 4.79 Å². The molecule has 0 N–H and O–H groups in total. The molecule has 2 heterocycles. The van der Waals surface area contributed by atoms with Crippen molar-refractivity contribution in [1.29, 1.82) is 0 Å². The van der Waals surface area contributed by atoms with Crippen molar-refractivity contribution in [2.75, 3.05) is 13.1 Å². The first kappa shape index (κ1) is 18.2. The highest BCUT2D eigenvalue weighted by atomic mass is 35.5. The van der Waals surface area contributed by atoms with Crippen LogP contribution in [-0.4, -0.2) is 33.6 Å². The van der Waals surface area contributed by atoms with E-state index < -0.39 is 0 Å². The second-order valence-electron chi connectivity index (χ2n) is 6.91. The van der Waals surface area contributed by atoms with E-state index in [9.17, 15) is 4.79 Å². The predicted octanol–water partition coefficient (Wildman–Crippen LogP) is 4.27. The molecular formula is C20H26ClN3O. The fraction of sp³-hybridized carbons (Fsp3) is 0.500. The van der Waals surface area contributed by atoms with Crippen molar-refractivity contribution in [1.82, 2.24) is 14.7 Å². The minimum atomic E-state index is 0.0500. The smallest absolute Gasteiger partial charge is 0.167 e. The highest BCUT2D eigenvalue weighted by molar-refractivity contribution is 6.31.